The van der Waals surface area contributed by atoms with Crippen LogP contribution in [0.25, 0.3) is 0 Å². The largest absolute Gasteiger partial charge is 0.496 e. The van der Waals surface area contributed by atoms with Gasteiger partial charge in [0.1, 0.15) is 5.75 Å². The number of hydrogen-bond acceptors (Lipinski definition) is 4. The SMILES string of the molecule is COc1ccc(S(=O)(=O)N(CCc2ccccc2)CC(=O)N(Cc2ccccc2)Cc2ccccc2)cc1C. The first-order valence-corrected chi connectivity index (χ1v) is 14.3. The van der Waals surface area contributed by atoms with Gasteiger partial charge in [0.05, 0.1) is 18.6 Å². The maximum atomic E-state index is 13.9. The zero-order chi connectivity index (χ0) is 27.7. The van der Waals surface area contributed by atoms with Gasteiger partial charge in [0.2, 0.25) is 15.9 Å². The lowest BCUT2D eigenvalue weighted by Crippen LogP contribution is -2.43. The molecule has 6 nitrogen and oxygen atoms in total. The molecule has 0 N–H and O–H groups in total. The molecule has 0 saturated heterocycles. The van der Waals surface area contributed by atoms with E-state index in [0.29, 0.717) is 30.8 Å². The van der Waals surface area contributed by atoms with Gasteiger partial charge in [0.15, 0.2) is 0 Å². The smallest absolute Gasteiger partial charge is 0.243 e. The molecule has 4 aromatic carbocycles. The number of methoxy groups -OCH3 is 1. The molecule has 0 fully saturated rings. The van der Waals surface area contributed by atoms with Crippen molar-refractivity contribution in [1.82, 2.24) is 9.21 Å². The van der Waals surface area contributed by atoms with Gasteiger partial charge in [-0.05, 0) is 53.8 Å². The number of aryl methyl sites for hydroxylation is 1. The van der Waals surface area contributed by atoms with E-state index in [9.17, 15) is 13.2 Å². The molecule has 39 heavy (non-hydrogen) atoms. The number of amides is 1. The van der Waals surface area contributed by atoms with Gasteiger partial charge in [0.25, 0.3) is 0 Å². The first-order valence-electron chi connectivity index (χ1n) is 12.9. The maximum Gasteiger partial charge on any atom is 0.243 e. The van der Waals surface area contributed by atoms with Gasteiger partial charge in [-0.25, -0.2) is 8.42 Å². The normalized spacial score (nSPS) is 11.4. The Morgan fingerprint density at radius 3 is 1.74 bits per heavy atom. The van der Waals surface area contributed by atoms with Crippen LogP contribution in [0.3, 0.4) is 0 Å². The van der Waals surface area contributed by atoms with Crippen molar-refractivity contribution < 1.29 is 17.9 Å². The van der Waals surface area contributed by atoms with Crippen molar-refractivity contribution in [2.75, 3.05) is 20.2 Å². The standard InChI is InChI=1S/C32H34N2O4S/c1-26-22-30(18-19-31(26)38-2)39(36,37)34(21-20-27-12-6-3-7-13-27)25-32(35)33(23-28-14-8-4-9-15-28)24-29-16-10-5-11-17-29/h3-19,22H,20-21,23-25H2,1-2H3. The summed E-state index contributed by atoms with van der Waals surface area (Å²) >= 11 is 0. The summed E-state index contributed by atoms with van der Waals surface area (Å²) in [5.74, 6) is 0.349. The van der Waals surface area contributed by atoms with Crippen molar-refractivity contribution in [3.63, 3.8) is 0 Å². The highest BCUT2D eigenvalue weighted by atomic mass is 32.2. The van der Waals surface area contributed by atoms with Crippen LogP contribution in [0.4, 0.5) is 0 Å². The lowest BCUT2D eigenvalue weighted by atomic mass is 10.1. The highest BCUT2D eigenvalue weighted by molar-refractivity contribution is 7.89. The van der Waals surface area contributed by atoms with E-state index in [2.05, 4.69) is 0 Å². The number of benzene rings is 4. The molecule has 202 valence electrons. The number of ether oxygens (including phenoxy) is 1. The highest BCUT2D eigenvalue weighted by Gasteiger charge is 2.29. The molecule has 0 bridgehead atoms. The van der Waals surface area contributed by atoms with Crippen molar-refractivity contribution in [2.45, 2.75) is 31.3 Å². The number of hydrogen-bond donors (Lipinski definition) is 0. The van der Waals surface area contributed by atoms with E-state index in [0.717, 1.165) is 16.7 Å². The van der Waals surface area contributed by atoms with Crippen LogP contribution < -0.4 is 4.74 Å². The molecule has 0 atom stereocenters. The van der Waals surface area contributed by atoms with E-state index >= 15 is 0 Å². The van der Waals surface area contributed by atoms with Crippen LogP contribution in [0.15, 0.2) is 114 Å². The first-order chi connectivity index (χ1) is 18.9. The summed E-state index contributed by atoms with van der Waals surface area (Å²) in [5, 5.41) is 0. The maximum absolute atomic E-state index is 13.9. The Morgan fingerprint density at radius 2 is 1.26 bits per heavy atom. The topological polar surface area (TPSA) is 66.9 Å². The Balaban J connectivity index is 1.63. The van der Waals surface area contributed by atoms with Crippen molar-refractivity contribution in [3.05, 3.63) is 131 Å². The van der Waals surface area contributed by atoms with Gasteiger partial charge in [-0.15, -0.1) is 0 Å². The fourth-order valence-corrected chi connectivity index (χ4v) is 5.91. The van der Waals surface area contributed by atoms with Gasteiger partial charge in [-0.2, -0.15) is 4.31 Å². The van der Waals surface area contributed by atoms with E-state index < -0.39 is 10.0 Å². The van der Waals surface area contributed by atoms with Crippen LogP contribution in [0.2, 0.25) is 0 Å². The lowest BCUT2D eigenvalue weighted by Gasteiger charge is -2.28. The minimum absolute atomic E-state index is 0.138. The average Bonchev–Trinajstić information content (AvgIpc) is 2.96. The summed E-state index contributed by atoms with van der Waals surface area (Å²) in [6, 6.07) is 33.9. The molecule has 0 heterocycles. The van der Waals surface area contributed by atoms with Gasteiger partial charge < -0.3 is 9.64 Å². The third kappa shape index (κ3) is 7.56. The zero-order valence-corrected chi connectivity index (χ0v) is 23.2. The second kappa shape index (κ2) is 13.2. The minimum Gasteiger partial charge on any atom is -0.496 e. The first kappa shape index (κ1) is 28.1. The number of carbonyl (C=O) groups excluding carboxylic acids is 1. The Morgan fingerprint density at radius 1 is 0.744 bits per heavy atom. The third-order valence-electron chi connectivity index (χ3n) is 6.59. The van der Waals surface area contributed by atoms with Crippen molar-refractivity contribution >= 4 is 15.9 Å². The molecule has 0 radical (unpaired) electrons. The third-order valence-corrected chi connectivity index (χ3v) is 8.43. The van der Waals surface area contributed by atoms with Crippen LogP contribution >= 0.6 is 0 Å². The van der Waals surface area contributed by atoms with Gasteiger partial charge in [0, 0.05) is 19.6 Å². The van der Waals surface area contributed by atoms with Crippen LogP contribution in [-0.4, -0.2) is 43.7 Å². The molecular weight excluding hydrogens is 508 g/mol. The summed E-state index contributed by atoms with van der Waals surface area (Å²) in [6.07, 6.45) is 0.486. The van der Waals surface area contributed by atoms with Crippen LogP contribution in [0.5, 0.6) is 5.75 Å². The Bertz CT molecular complexity index is 1420. The second-order valence-corrected chi connectivity index (χ2v) is 11.4. The van der Waals surface area contributed by atoms with E-state index in [1.807, 2.05) is 91.0 Å². The fourth-order valence-electron chi connectivity index (χ4n) is 4.43. The summed E-state index contributed by atoms with van der Waals surface area (Å²) in [6.45, 7) is 2.47. The molecule has 0 aliphatic carbocycles. The van der Waals surface area contributed by atoms with E-state index in [-0.39, 0.29) is 23.9 Å². The Hall–Kier alpha value is -3.94. The molecule has 0 aliphatic rings. The zero-order valence-electron chi connectivity index (χ0n) is 22.4. The summed E-state index contributed by atoms with van der Waals surface area (Å²) < 4.78 is 34.4. The lowest BCUT2D eigenvalue weighted by molar-refractivity contribution is -0.132. The molecule has 0 aromatic heterocycles. The molecule has 4 rings (SSSR count). The highest BCUT2D eigenvalue weighted by Crippen LogP contribution is 2.24. The van der Waals surface area contributed by atoms with E-state index in [4.69, 9.17) is 4.74 Å². The summed E-state index contributed by atoms with van der Waals surface area (Å²) in [7, 11) is -2.41. The predicted octanol–water partition coefficient (Wildman–Crippen LogP) is 5.47. The van der Waals surface area contributed by atoms with E-state index in [1.165, 1.54) is 10.4 Å². The number of sulfonamides is 1. The summed E-state index contributed by atoms with van der Waals surface area (Å²) in [5.41, 5.74) is 3.67. The monoisotopic (exact) mass is 542 g/mol. The van der Waals surface area contributed by atoms with Gasteiger partial charge >= 0.3 is 0 Å². The summed E-state index contributed by atoms with van der Waals surface area (Å²) in [4.78, 5) is 15.7. The van der Waals surface area contributed by atoms with Gasteiger partial charge in [-0.3, -0.25) is 4.79 Å². The molecule has 0 saturated carbocycles. The molecule has 1 amide bonds. The number of nitrogens with zero attached hydrogens (tertiary/aromatic N) is 2. The number of rotatable bonds is 12. The average molecular weight is 543 g/mol. The molecule has 0 aliphatic heterocycles. The Kier molecular flexibility index (Phi) is 9.52. The predicted molar refractivity (Wildman–Crippen MR) is 154 cm³/mol. The number of carbonyl (C=O) groups is 1. The Labute approximate surface area is 231 Å². The van der Waals surface area contributed by atoms with Crippen LogP contribution in [0, 0.1) is 6.92 Å². The van der Waals surface area contributed by atoms with Crippen LogP contribution in [-0.2, 0) is 34.3 Å². The fraction of sp³-hybridized carbons (Fsp3) is 0.219. The molecule has 0 spiro atoms. The van der Waals surface area contributed by atoms with Gasteiger partial charge in [-0.1, -0.05) is 91.0 Å². The second-order valence-electron chi connectivity index (χ2n) is 9.43. The van der Waals surface area contributed by atoms with E-state index in [1.54, 1.807) is 31.1 Å². The molecule has 0 unspecified atom stereocenters. The molecular formula is C32H34N2O4S. The van der Waals surface area contributed by atoms with Crippen molar-refractivity contribution in [1.29, 1.82) is 0 Å². The molecule has 4 aromatic rings. The van der Waals surface area contributed by atoms with Crippen molar-refractivity contribution in [2.24, 2.45) is 0 Å². The molecule has 7 heteroatoms. The minimum atomic E-state index is -3.96. The quantitative estimate of drug-likeness (QED) is 0.238. The van der Waals surface area contributed by atoms with Crippen LogP contribution in [0.1, 0.15) is 22.3 Å². The van der Waals surface area contributed by atoms with Crippen molar-refractivity contribution in [3.8, 4) is 5.75 Å².